The number of carbonyl (C=O) groups excluding carboxylic acids is 2. The Morgan fingerprint density at radius 1 is 1.24 bits per heavy atom. The average Bonchev–Trinajstić information content (AvgIpc) is 2.59. The van der Waals surface area contributed by atoms with E-state index in [1.807, 2.05) is 0 Å². The largest absolute Gasteiger partial charge is 0.358 e. The Hall–Kier alpha value is -1.36. The van der Waals surface area contributed by atoms with Crippen LogP contribution in [0.1, 0.15) is 0 Å². The third-order valence-electron chi connectivity index (χ3n) is 3.72. The average molecular weight is 454 g/mol. The molecule has 1 aromatic rings. The lowest BCUT2D eigenvalue weighted by Crippen LogP contribution is -2.53. The zero-order valence-corrected chi connectivity index (χ0v) is 16.6. The Labute approximate surface area is 159 Å². The van der Waals surface area contributed by atoms with E-state index in [-0.39, 0.29) is 48.5 Å². The molecule has 1 saturated heterocycles. The number of hydrogen-bond donors (Lipinski definition) is 2. The van der Waals surface area contributed by atoms with Crippen LogP contribution in [-0.4, -0.2) is 69.3 Å². The molecule has 2 N–H and O–H groups in total. The minimum absolute atomic E-state index is 0.0369. The van der Waals surface area contributed by atoms with Gasteiger partial charge in [-0.05, 0) is 18.2 Å². The summed E-state index contributed by atoms with van der Waals surface area (Å²) >= 11 is 9.29. The van der Waals surface area contributed by atoms with Crippen molar-refractivity contribution >= 4 is 49.5 Å². The molecule has 8 nitrogen and oxygen atoms in total. The lowest BCUT2D eigenvalue weighted by atomic mass is 10.4. The number of amides is 3. The van der Waals surface area contributed by atoms with Crippen molar-refractivity contribution in [2.75, 3.05) is 39.8 Å². The highest BCUT2D eigenvalue weighted by molar-refractivity contribution is 9.10. The summed E-state index contributed by atoms with van der Waals surface area (Å²) in [6.45, 7) is 0.645. The van der Waals surface area contributed by atoms with Gasteiger partial charge in [-0.25, -0.2) is 13.2 Å². The number of halogens is 2. The maximum absolute atomic E-state index is 12.7. The number of benzene rings is 1. The van der Waals surface area contributed by atoms with E-state index in [9.17, 15) is 18.0 Å². The van der Waals surface area contributed by atoms with Crippen molar-refractivity contribution in [3.8, 4) is 0 Å². The Morgan fingerprint density at radius 3 is 2.44 bits per heavy atom. The van der Waals surface area contributed by atoms with E-state index in [1.54, 1.807) is 6.07 Å². The number of nitrogens with one attached hydrogen (secondary N) is 2. The van der Waals surface area contributed by atoms with Crippen LogP contribution in [0.3, 0.4) is 0 Å². The predicted octanol–water partition coefficient (Wildman–Crippen LogP) is 0.864. The Bertz CT molecular complexity index is 766. The summed E-state index contributed by atoms with van der Waals surface area (Å²) in [5.41, 5.74) is 0. The van der Waals surface area contributed by atoms with E-state index < -0.39 is 16.1 Å². The monoisotopic (exact) mass is 452 g/mol. The van der Waals surface area contributed by atoms with Crippen LogP contribution in [0.5, 0.6) is 0 Å². The molecule has 1 aromatic carbocycles. The SMILES string of the molecule is CNC(=O)CNC(=O)N1CCN(S(=O)(=O)c2ccc(Br)cc2Cl)CC1. The van der Waals surface area contributed by atoms with Gasteiger partial charge in [-0.3, -0.25) is 4.79 Å². The molecule has 0 bridgehead atoms. The second-order valence-corrected chi connectivity index (χ2v) is 8.53. The van der Waals surface area contributed by atoms with Crippen molar-refractivity contribution in [2.24, 2.45) is 0 Å². The Kier molecular flexibility index (Phi) is 6.66. The van der Waals surface area contributed by atoms with Crippen LogP contribution in [0, 0.1) is 0 Å². The molecule has 25 heavy (non-hydrogen) atoms. The van der Waals surface area contributed by atoms with Crippen molar-refractivity contribution in [1.29, 1.82) is 0 Å². The first-order chi connectivity index (χ1) is 11.8. The van der Waals surface area contributed by atoms with Crippen molar-refractivity contribution in [2.45, 2.75) is 4.90 Å². The van der Waals surface area contributed by atoms with Gasteiger partial charge in [0.1, 0.15) is 4.90 Å². The number of likely N-dealkylation sites (N-methyl/N-ethyl adjacent to an activating group) is 1. The van der Waals surface area contributed by atoms with Crippen molar-refractivity contribution in [1.82, 2.24) is 19.8 Å². The highest BCUT2D eigenvalue weighted by Gasteiger charge is 2.31. The fourth-order valence-electron chi connectivity index (χ4n) is 2.31. The summed E-state index contributed by atoms with van der Waals surface area (Å²) < 4.78 is 27.4. The molecule has 0 spiro atoms. The molecule has 1 aliphatic rings. The van der Waals surface area contributed by atoms with E-state index in [2.05, 4.69) is 26.6 Å². The van der Waals surface area contributed by atoms with Crippen LogP contribution in [0.25, 0.3) is 0 Å². The third-order valence-corrected chi connectivity index (χ3v) is 6.59. The van der Waals surface area contributed by atoms with Gasteiger partial charge in [0.2, 0.25) is 15.9 Å². The quantitative estimate of drug-likeness (QED) is 0.706. The van der Waals surface area contributed by atoms with E-state index in [1.165, 1.54) is 28.4 Å². The van der Waals surface area contributed by atoms with Crippen molar-refractivity contribution < 1.29 is 18.0 Å². The van der Waals surface area contributed by atoms with E-state index in [0.717, 1.165) is 0 Å². The molecule has 0 radical (unpaired) electrons. The third kappa shape index (κ3) is 4.84. The topological polar surface area (TPSA) is 98.8 Å². The van der Waals surface area contributed by atoms with Crippen LogP contribution in [0.15, 0.2) is 27.6 Å². The molecule has 11 heteroatoms. The molecule has 0 saturated carbocycles. The first kappa shape index (κ1) is 20.0. The van der Waals surface area contributed by atoms with E-state index in [0.29, 0.717) is 4.47 Å². The minimum Gasteiger partial charge on any atom is -0.358 e. The predicted molar refractivity (Wildman–Crippen MR) is 96.9 cm³/mol. The Morgan fingerprint density at radius 2 is 1.88 bits per heavy atom. The van der Waals surface area contributed by atoms with Gasteiger partial charge in [0.05, 0.1) is 11.6 Å². The first-order valence-corrected chi connectivity index (χ1v) is 10.1. The molecule has 1 fully saturated rings. The summed E-state index contributed by atoms with van der Waals surface area (Å²) in [7, 11) is -2.25. The van der Waals surface area contributed by atoms with Gasteiger partial charge in [0, 0.05) is 37.7 Å². The molecular weight excluding hydrogens is 436 g/mol. The zero-order chi connectivity index (χ0) is 18.6. The normalized spacial score (nSPS) is 15.7. The Balaban J connectivity index is 1.99. The van der Waals surface area contributed by atoms with Crippen LogP contribution in [-0.2, 0) is 14.8 Å². The molecule has 1 heterocycles. The van der Waals surface area contributed by atoms with Crippen LogP contribution >= 0.6 is 27.5 Å². The van der Waals surface area contributed by atoms with Gasteiger partial charge < -0.3 is 15.5 Å². The van der Waals surface area contributed by atoms with Gasteiger partial charge in [-0.2, -0.15) is 4.31 Å². The molecule has 138 valence electrons. The van der Waals surface area contributed by atoms with Crippen LogP contribution < -0.4 is 10.6 Å². The fourth-order valence-corrected chi connectivity index (χ4v) is 4.74. The van der Waals surface area contributed by atoms with E-state index >= 15 is 0 Å². The molecular formula is C14H18BrClN4O4S. The molecule has 1 aliphatic heterocycles. The summed E-state index contributed by atoms with van der Waals surface area (Å²) in [6.07, 6.45) is 0. The number of nitrogens with zero attached hydrogens (tertiary/aromatic N) is 2. The summed E-state index contributed by atoms with van der Waals surface area (Å²) in [5.74, 6) is -0.306. The number of hydrogen-bond acceptors (Lipinski definition) is 4. The second kappa shape index (κ2) is 8.35. The minimum atomic E-state index is -3.73. The number of sulfonamides is 1. The fraction of sp³-hybridized carbons (Fsp3) is 0.429. The van der Waals surface area contributed by atoms with Crippen LogP contribution in [0.4, 0.5) is 4.79 Å². The van der Waals surface area contributed by atoms with Crippen molar-refractivity contribution in [3.05, 3.63) is 27.7 Å². The second-order valence-electron chi connectivity index (χ2n) is 5.30. The summed E-state index contributed by atoms with van der Waals surface area (Å²) in [5, 5.41) is 5.03. The lowest BCUT2D eigenvalue weighted by Gasteiger charge is -2.34. The van der Waals surface area contributed by atoms with Gasteiger partial charge in [0.25, 0.3) is 0 Å². The number of rotatable bonds is 4. The lowest BCUT2D eigenvalue weighted by molar-refractivity contribution is -0.119. The first-order valence-electron chi connectivity index (χ1n) is 7.44. The highest BCUT2D eigenvalue weighted by atomic mass is 79.9. The molecule has 0 atom stereocenters. The number of urea groups is 1. The summed E-state index contributed by atoms with van der Waals surface area (Å²) in [4.78, 5) is 24.6. The molecule has 0 aliphatic carbocycles. The molecule has 2 rings (SSSR count). The van der Waals surface area contributed by atoms with E-state index in [4.69, 9.17) is 11.6 Å². The molecule has 3 amide bonds. The number of carbonyl (C=O) groups is 2. The van der Waals surface area contributed by atoms with Gasteiger partial charge in [-0.1, -0.05) is 27.5 Å². The molecule has 0 aromatic heterocycles. The standard InChI is InChI=1S/C14H18BrClN4O4S/c1-17-13(21)9-18-14(22)19-4-6-20(7-5-19)25(23,24)12-3-2-10(15)8-11(12)16/h2-3,8H,4-7,9H2,1H3,(H,17,21)(H,18,22). The van der Waals surface area contributed by atoms with Gasteiger partial charge in [-0.15, -0.1) is 0 Å². The van der Waals surface area contributed by atoms with Gasteiger partial charge >= 0.3 is 6.03 Å². The smallest absolute Gasteiger partial charge is 0.317 e. The highest BCUT2D eigenvalue weighted by Crippen LogP contribution is 2.28. The van der Waals surface area contributed by atoms with Crippen molar-refractivity contribution in [3.63, 3.8) is 0 Å². The maximum atomic E-state index is 12.7. The number of piperazine rings is 1. The zero-order valence-electron chi connectivity index (χ0n) is 13.5. The molecule has 0 unspecified atom stereocenters. The van der Waals surface area contributed by atoms with Crippen LogP contribution in [0.2, 0.25) is 5.02 Å². The summed E-state index contributed by atoms with van der Waals surface area (Å²) in [6, 6.07) is 4.19. The maximum Gasteiger partial charge on any atom is 0.317 e. The van der Waals surface area contributed by atoms with Gasteiger partial charge in [0.15, 0.2) is 0 Å².